The van der Waals surface area contributed by atoms with Crippen LogP contribution in [0.4, 0.5) is 13.2 Å². The maximum Gasteiger partial charge on any atom is 0.450 e. The minimum absolute atomic E-state index is 0.00155. The number of phenolic OH excluding ortho intramolecular Hbond substituents is 1. The van der Waals surface area contributed by atoms with Crippen molar-refractivity contribution >= 4 is 11.0 Å². The number of likely N-dealkylation sites (tertiary alicyclic amines) is 1. The minimum Gasteiger partial charge on any atom is -0.507 e. The molecule has 0 saturated carbocycles. The van der Waals surface area contributed by atoms with Gasteiger partial charge in [-0.15, -0.1) is 0 Å². The third-order valence-corrected chi connectivity index (χ3v) is 5.90. The number of phenols is 1. The van der Waals surface area contributed by atoms with E-state index < -0.39 is 22.9 Å². The number of hydrogen-bond acceptors (Lipinski definition) is 5. The summed E-state index contributed by atoms with van der Waals surface area (Å²) in [6.45, 7) is 3.84. The Balaban J connectivity index is 1.92. The molecule has 5 nitrogen and oxygen atoms in total. The first kappa shape index (κ1) is 22.2. The second-order valence-electron chi connectivity index (χ2n) is 8.28. The molecule has 8 heteroatoms. The van der Waals surface area contributed by atoms with Crippen molar-refractivity contribution in [2.45, 2.75) is 32.5 Å². The molecule has 4 rings (SSSR count). The van der Waals surface area contributed by atoms with E-state index in [2.05, 4.69) is 11.8 Å². The van der Waals surface area contributed by atoms with Gasteiger partial charge in [-0.1, -0.05) is 19.1 Å². The highest BCUT2D eigenvalue weighted by Gasteiger charge is 2.40. The first-order chi connectivity index (χ1) is 15.2. The molecule has 0 amide bonds. The second kappa shape index (κ2) is 8.50. The topological polar surface area (TPSA) is 62.9 Å². The monoisotopic (exact) mass is 447 g/mol. The summed E-state index contributed by atoms with van der Waals surface area (Å²) in [6, 6.07) is 8.40. The van der Waals surface area contributed by atoms with E-state index in [0.717, 1.165) is 25.9 Å². The Morgan fingerprint density at radius 1 is 1.19 bits per heavy atom. The fraction of sp³-hybridized carbons (Fsp3) is 0.375. The molecule has 2 heterocycles. The number of nitrogens with zero attached hydrogens (tertiary/aromatic N) is 1. The van der Waals surface area contributed by atoms with Crippen molar-refractivity contribution in [2.75, 3.05) is 20.2 Å². The lowest BCUT2D eigenvalue weighted by Crippen LogP contribution is -2.33. The molecule has 1 aromatic heterocycles. The predicted octanol–water partition coefficient (Wildman–Crippen LogP) is 5.42. The van der Waals surface area contributed by atoms with Crippen LogP contribution in [0.1, 0.15) is 31.1 Å². The summed E-state index contributed by atoms with van der Waals surface area (Å²) in [5.41, 5.74) is -1.31. The van der Waals surface area contributed by atoms with Gasteiger partial charge in [-0.2, -0.15) is 13.2 Å². The lowest BCUT2D eigenvalue weighted by atomic mass is 9.98. The first-order valence-electron chi connectivity index (χ1n) is 10.4. The predicted molar refractivity (Wildman–Crippen MR) is 115 cm³/mol. The number of methoxy groups -OCH3 is 1. The van der Waals surface area contributed by atoms with Crippen molar-refractivity contribution in [3.8, 4) is 22.6 Å². The summed E-state index contributed by atoms with van der Waals surface area (Å²) in [4.78, 5) is 15.3. The van der Waals surface area contributed by atoms with E-state index in [1.165, 1.54) is 43.5 Å². The Kier molecular flexibility index (Phi) is 5.90. The smallest absolute Gasteiger partial charge is 0.450 e. The molecule has 0 spiro atoms. The number of halogens is 3. The van der Waals surface area contributed by atoms with Crippen molar-refractivity contribution in [3.63, 3.8) is 0 Å². The second-order valence-corrected chi connectivity index (χ2v) is 8.28. The van der Waals surface area contributed by atoms with Gasteiger partial charge in [0.05, 0.1) is 23.6 Å². The molecule has 1 unspecified atom stereocenters. The fourth-order valence-electron chi connectivity index (χ4n) is 4.33. The summed E-state index contributed by atoms with van der Waals surface area (Å²) in [5.74, 6) is -0.668. The van der Waals surface area contributed by atoms with Crippen LogP contribution in [0.3, 0.4) is 0 Å². The van der Waals surface area contributed by atoms with Crippen molar-refractivity contribution in [1.29, 1.82) is 0 Å². The molecular weight excluding hydrogens is 423 g/mol. The molecule has 1 aliphatic rings. The number of ether oxygens (including phenoxy) is 1. The standard InChI is InChI=1S/C24H24F3NO4/c1-14-4-3-11-28(12-14)13-18-19(29)10-9-17-21(30)20(15-5-7-16(31-2)8-6-15)23(24(25,26)27)32-22(17)18/h5-10,14,29H,3-4,11-13H2,1-2H3. The molecule has 0 radical (unpaired) electrons. The SMILES string of the molecule is COc1ccc(-c2c(C(F)(F)F)oc3c(CN4CCCC(C)C4)c(O)ccc3c2=O)cc1. The van der Waals surface area contributed by atoms with Gasteiger partial charge in [0, 0.05) is 13.1 Å². The Labute approximate surface area is 183 Å². The summed E-state index contributed by atoms with van der Waals surface area (Å²) < 4.78 is 52.4. The third kappa shape index (κ3) is 4.19. The quantitative estimate of drug-likeness (QED) is 0.578. The molecule has 0 bridgehead atoms. The Bertz CT molecular complexity index is 1190. The largest absolute Gasteiger partial charge is 0.507 e. The third-order valence-electron chi connectivity index (χ3n) is 5.90. The van der Waals surface area contributed by atoms with Gasteiger partial charge in [0.15, 0.2) is 0 Å². The van der Waals surface area contributed by atoms with Crippen LogP contribution in [0.15, 0.2) is 45.6 Å². The molecule has 1 aliphatic heterocycles. The van der Waals surface area contributed by atoms with Crippen molar-refractivity contribution < 1.29 is 27.4 Å². The van der Waals surface area contributed by atoms with E-state index in [4.69, 9.17) is 9.15 Å². The minimum atomic E-state index is -4.90. The lowest BCUT2D eigenvalue weighted by Gasteiger charge is -2.31. The van der Waals surface area contributed by atoms with Crippen molar-refractivity contribution in [3.05, 3.63) is 57.9 Å². The van der Waals surface area contributed by atoms with Crippen molar-refractivity contribution in [2.24, 2.45) is 5.92 Å². The Morgan fingerprint density at radius 2 is 1.91 bits per heavy atom. The average molecular weight is 447 g/mol. The number of hydrogen-bond donors (Lipinski definition) is 1. The molecule has 170 valence electrons. The number of alkyl halides is 3. The molecule has 2 aromatic carbocycles. The summed E-state index contributed by atoms with van der Waals surface area (Å²) >= 11 is 0. The summed E-state index contributed by atoms with van der Waals surface area (Å²) in [6.07, 6.45) is -2.85. The van der Waals surface area contributed by atoms with Crippen LogP contribution in [0.2, 0.25) is 0 Å². The number of benzene rings is 2. The van der Waals surface area contributed by atoms with Crippen LogP contribution in [-0.4, -0.2) is 30.2 Å². The lowest BCUT2D eigenvalue weighted by molar-refractivity contribution is -0.152. The molecule has 32 heavy (non-hydrogen) atoms. The fourth-order valence-corrected chi connectivity index (χ4v) is 4.33. The van der Waals surface area contributed by atoms with Crippen molar-refractivity contribution in [1.82, 2.24) is 4.90 Å². The zero-order valence-corrected chi connectivity index (χ0v) is 17.8. The molecule has 1 fully saturated rings. The zero-order valence-electron chi connectivity index (χ0n) is 17.8. The number of rotatable bonds is 4. The van der Waals surface area contributed by atoms with E-state index in [1.807, 2.05) is 0 Å². The van der Waals surface area contributed by atoms with Crippen LogP contribution in [0, 0.1) is 5.92 Å². The number of piperidine rings is 1. The van der Waals surface area contributed by atoms with Gasteiger partial charge >= 0.3 is 6.18 Å². The van der Waals surface area contributed by atoms with E-state index in [0.29, 0.717) is 11.7 Å². The molecule has 1 saturated heterocycles. The molecule has 0 aliphatic carbocycles. The maximum atomic E-state index is 14.0. The van der Waals surface area contributed by atoms with Gasteiger partial charge in [-0.05, 0) is 55.1 Å². The highest BCUT2D eigenvalue weighted by Crippen LogP contribution is 2.39. The highest BCUT2D eigenvalue weighted by atomic mass is 19.4. The average Bonchev–Trinajstić information content (AvgIpc) is 2.75. The van der Waals surface area contributed by atoms with Crippen LogP contribution in [0.5, 0.6) is 11.5 Å². The molecule has 1 N–H and O–H groups in total. The Morgan fingerprint density at radius 3 is 2.53 bits per heavy atom. The highest BCUT2D eigenvalue weighted by molar-refractivity contribution is 5.87. The van der Waals surface area contributed by atoms with Gasteiger partial charge in [0.1, 0.15) is 17.1 Å². The van der Waals surface area contributed by atoms with E-state index in [9.17, 15) is 23.1 Å². The zero-order chi connectivity index (χ0) is 23.0. The van der Waals surface area contributed by atoms with E-state index in [-0.39, 0.29) is 34.4 Å². The van der Waals surface area contributed by atoms with Crippen LogP contribution in [-0.2, 0) is 12.7 Å². The normalized spacial score (nSPS) is 17.6. The van der Waals surface area contributed by atoms with Gasteiger partial charge < -0.3 is 14.3 Å². The number of aromatic hydroxyl groups is 1. The summed E-state index contributed by atoms with van der Waals surface area (Å²) in [7, 11) is 1.44. The van der Waals surface area contributed by atoms with Gasteiger partial charge in [0.25, 0.3) is 0 Å². The molecule has 1 atom stereocenters. The van der Waals surface area contributed by atoms with E-state index >= 15 is 0 Å². The van der Waals surface area contributed by atoms with Crippen LogP contribution < -0.4 is 10.2 Å². The maximum absolute atomic E-state index is 14.0. The van der Waals surface area contributed by atoms with Crippen LogP contribution >= 0.6 is 0 Å². The first-order valence-corrected chi connectivity index (χ1v) is 10.4. The van der Waals surface area contributed by atoms with Gasteiger partial charge in [0.2, 0.25) is 11.2 Å². The van der Waals surface area contributed by atoms with Gasteiger partial charge in [-0.3, -0.25) is 9.69 Å². The molecular formula is C24H24F3NO4. The van der Waals surface area contributed by atoms with Gasteiger partial charge in [-0.25, -0.2) is 0 Å². The number of fused-ring (bicyclic) bond motifs is 1. The summed E-state index contributed by atoms with van der Waals surface area (Å²) in [5, 5.41) is 10.5. The Hall–Kier alpha value is -3.00. The molecule has 3 aromatic rings. The van der Waals surface area contributed by atoms with Crippen LogP contribution in [0.25, 0.3) is 22.1 Å². The van der Waals surface area contributed by atoms with E-state index in [1.54, 1.807) is 0 Å².